The number of nitrogens with zero attached hydrogens (tertiary/aromatic N) is 1. The fourth-order valence-corrected chi connectivity index (χ4v) is 2.43. The second-order valence-electron chi connectivity index (χ2n) is 4.67. The van der Waals surface area contributed by atoms with Crippen molar-refractivity contribution in [1.82, 2.24) is 5.43 Å². The summed E-state index contributed by atoms with van der Waals surface area (Å²) in [5.74, 6) is 1.21. The number of halogens is 1. The molecular weight excluding hydrogens is 376 g/mol. The molecule has 0 aromatic heterocycles. The van der Waals surface area contributed by atoms with E-state index in [-0.39, 0.29) is 5.91 Å². The number of amides is 1. The van der Waals surface area contributed by atoms with Gasteiger partial charge in [-0.15, -0.1) is 0 Å². The van der Waals surface area contributed by atoms with Crippen molar-refractivity contribution in [1.29, 1.82) is 0 Å². The Morgan fingerprint density at radius 1 is 1.08 bits per heavy atom. The fraction of sp³-hybridized carbons (Fsp3) is 0.176. The average molecular weight is 393 g/mol. The first kappa shape index (κ1) is 17.8. The van der Waals surface area contributed by atoms with Crippen LogP contribution >= 0.6 is 15.9 Å². The molecule has 1 amide bonds. The van der Waals surface area contributed by atoms with Crippen molar-refractivity contribution in [3.63, 3.8) is 0 Å². The van der Waals surface area contributed by atoms with Gasteiger partial charge in [-0.3, -0.25) is 4.79 Å². The van der Waals surface area contributed by atoms with E-state index in [0.717, 1.165) is 4.47 Å². The standard InChI is InChI=1S/C17H17BrN2O4/c1-22-14-7-11(8-15(23-2)16(14)24-3)10-19-20-17(21)12-5-4-6-13(18)9-12/h4-10H,1-3H3,(H,20,21)/b19-10+. The monoisotopic (exact) mass is 392 g/mol. The number of methoxy groups -OCH3 is 3. The van der Waals surface area contributed by atoms with E-state index in [1.807, 2.05) is 6.07 Å². The lowest BCUT2D eigenvalue weighted by molar-refractivity contribution is 0.0955. The zero-order valence-corrected chi connectivity index (χ0v) is 15.1. The first-order chi connectivity index (χ1) is 11.6. The van der Waals surface area contributed by atoms with Crippen molar-refractivity contribution in [3.05, 3.63) is 52.0 Å². The van der Waals surface area contributed by atoms with E-state index in [1.54, 1.807) is 30.3 Å². The van der Waals surface area contributed by atoms with E-state index in [1.165, 1.54) is 27.5 Å². The maximum Gasteiger partial charge on any atom is 0.271 e. The minimum absolute atomic E-state index is 0.306. The first-order valence-electron chi connectivity index (χ1n) is 6.98. The number of carbonyl (C=O) groups excluding carboxylic acids is 1. The second-order valence-corrected chi connectivity index (χ2v) is 5.58. The summed E-state index contributed by atoms with van der Waals surface area (Å²) in [7, 11) is 4.60. The lowest BCUT2D eigenvalue weighted by Gasteiger charge is -2.12. The van der Waals surface area contributed by atoms with E-state index in [2.05, 4.69) is 26.5 Å². The SMILES string of the molecule is COc1cc(/C=N/NC(=O)c2cccc(Br)c2)cc(OC)c1OC. The van der Waals surface area contributed by atoms with Gasteiger partial charge < -0.3 is 14.2 Å². The zero-order valence-electron chi connectivity index (χ0n) is 13.5. The quantitative estimate of drug-likeness (QED) is 0.605. The molecule has 0 saturated heterocycles. The molecular formula is C17H17BrN2O4. The van der Waals surface area contributed by atoms with Crippen LogP contribution in [0.25, 0.3) is 0 Å². The highest BCUT2D eigenvalue weighted by atomic mass is 79.9. The number of ether oxygens (including phenoxy) is 3. The molecule has 2 aromatic rings. The topological polar surface area (TPSA) is 69.2 Å². The van der Waals surface area contributed by atoms with Crippen molar-refractivity contribution >= 4 is 28.1 Å². The number of hydrogen-bond acceptors (Lipinski definition) is 5. The summed E-state index contributed by atoms with van der Waals surface area (Å²) in [6, 6.07) is 10.5. The van der Waals surface area contributed by atoms with Crippen molar-refractivity contribution in [2.45, 2.75) is 0 Å². The van der Waals surface area contributed by atoms with Crippen LogP contribution in [0.2, 0.25) is 0 Å². The molecule has 6 nitrogen and oxygen atoms in total. The molecule has 1 N–H and O–H groups in total. The Balaban J connectivity index is 2.15. The minimum atomic E-state index is -0.306. The highest BCUT2D eigenvalue weighted by molar-refractivity contribution is 9.10. The Bertz CT molecular complexity index is 737. The molecule has 0 bridgehead atoms. The number of nitrogens with one attached hydrogen (secondary N) is 1. The van der Waals surface area contributed by atoms with Gasteiger partial charge in [0, 0.05) is 15.6 Å². The summed E-state index contributed by atoms with van der Waals surface area (Å²) in [6.45, 7) is 0. The molecule has 7 heteroatoms. The second kappa shape index (κ2) is 8.35. The summed E-state index contributed by atoms with van der Waals surface area (Å²) >= 11 is 3.32. The predicted molar refractivity (Wildman–Crippen MR) is 95.3 cm³/mol. The van der Waals surface area contributed by atoms with E-state index in [4.69, 9.17) is 14.2 Å². The largest absolute Gasteiger partial charge is 0.493 e. The van der Waals surface area contributed by atoms with Crippen LogP contribution in [0, 0.1) is 0 Å². The molecule has 0 unspecified atom stereocenters. The van der Waals surface area contributed by atoms with Crippen LogP contribution < -0.4 is 19.6 Å². The van der Waals surface area contributed by atoms with Gasteiger partial charge >= 0.3 is 0 Å². The Labute approximate surface area is 148 Å². The number of rotatable bonds is 6. The van der Waals surface area contributed by atoms with Gasteiger partial charge in [0.1, 0.15) is 0 Å². The summed E-state index contributed by atoms with van der Waals surface area (Å²) in [4.78, 5) is 12.0. The molecule has 126 valence electrons. The Morgan fingerprint density at radius 2 is 1.75 bits per heavy atom. The average Bonchev–Trinajstić information content (AvgIpc) is 2.60. The summed E-state index contributed by atoms with van der Waals surface area (Å²) in [5, 5.41) is 3.96. The van der Waals surface area contributed by atoms with Crippen LogP contribution in [0.3, 0.4) is 0 Å². The number of carbonyl (C=O) groups is 1. The first-order valence-corrected chi connectivity index (χ1v) is 7.77. The van der Waals surface area contributed by atoms with Crippen molar-refractivity contribution in [2.75, 3.05) is 21.3 Å². The van der Waals surface area contributed by atoms with Crippen LogP contribution in [0.4, 0.5) is 0 Å². The van der Waals surface area contributed by atoms with E-state index >= 15 is 0 Å². The van der Waals surface area contributed by atoms with Crippen molar-refractivity contribution < 1.29 is 19.0 Å². The molecule has 24 heavy (non-hydrogen) atoms. The molecule has 2 rings (SSSR count). The molecule has 0 aliphatic carbocycles. The molecule has 0 radical (unpaired) electrons. The number of hydrazone groups is 1. The highest BCUT2D eigenvalue weighted by Crippen LogP contribution is 2.37. The maximum absolute atomic E-state index is 12.0. The van der Waals surface area contributed by atoms with Gasteiger partial charge in [0.05, 0.1) is 27.5 Å². The molecule has 0 heterocycles. The van der Waals surface area contributed by atoms with E-state index < -0.39 is 0 Å². The van der Waals surface area contributed by atoms with Crippen LogP contribution in [-0.4, -0.2) is 33.5 Å². The Morgan fingerprint density at radius 3 is 2.29 bits per heavy atom. The Hall–Kier alpha value is -2.54. The van der Waals surface area contributed by atoms with E-state index in [0.29, 0.717) is 28.4 Å². The third-order valence-corrected chi connectivity index (χ3v) is 3.65. The van der Waals surface area contributed by atoms with Gasteiger partial charge in [-0.2, -0.15) is 5.10 Å². The normalized spacial score (nSPS) is 10.5. The fourth-order valence-electron chi connectivity index (χ4n) is 2.04. The van der Waals surface area contributed by atoms with Gasteiger partial charge in [0.25, 0.3) is 5.91 Å². The molecule has 0 aliphatic heterocycles. The van der Waals surface area contributed by atoms with Crippen LogP contribution in [0.1, 0.15) is 15.9 Å². The zero-order chi connectivity index (χ0) is 17.5. The van der Waals surface area contributed by atoms with Crippen LogP contribution in [0.15, 0.2) is 46.0 Å². The van der Waals surface area contributed by atoms with Crippen LogP contribution in [-0.2, 0) is 0 Å². The number of hydrogen-bond donors (Lipinski definition) is 1. The van der Waals surface area contributed by atoms with Crippen LogP contribution in [0.5, 0.6) is 17.2 Å². The molecule has 0 atom stereocenters. The van der Waals surface area contributed by atoms with Crippen molar-refractivity contribution in [3.8, 4) is 17.2 Å². The maximum atomic E-state index is 12.0. The lowest BCUT2D eigenvalue weighted by atomic mass is 10.2. The summed E-state index contributed by atoms with van der Waals surface area (Å²) in [5.41, 5.74) is 3.67. The van der Waals surface area contributed by atoms with Crippen molar-refractivity contribution in [2.24, 2.45) is 5.10 Å². The Kier molecular flexibility index (Phi) is 6.20. The van der Waals surface area contributed by atoms with Gasteiger partial charge in [-0.1, -0.05) is 22.0 Å². The molecule has 0 fully saturated rings. The minimum Gasteiger partial charge on any atom is -0.493 e. The summed E-state index contributed by atoms with van der Waals surface area (Å²) < 4.78 is 16.6. The third kappa shape index (κ3) is 4.26. The molecule has 0 aliphatic rings. The molecule has 2 aromatic carbocycles. The van der Waals surface area contributed by atoms with Gasteiger partial charge in [0.15, 0.2) is 11.5 Å². The lowest BCUT2D eigenvalue weighted by Crippen LogP contribution is -2.17. The number of benzene rings is 2. The molecule has 0 saturated carbocycles. The summed E-state index contributed by atoms with van der Waals surface area (Å²) in [6.07, 6.45) is 1.50. The smallest absolute Gasteiger partial charge is 0.271 e. The van der Waals surface area contributed by atoms with E-state index in [9.17, 15) is 4.79 Å². The van der Waals surface area contributed by atoms with Gasteiger partial charge in [0.2, 0.25) is 5.75 Å². The van der Waals surface area contributed by atoms with Gasteiger partial charge in [-0.05, 0) is 30.3 Å². The molecule has 0 spiro atoms. The highest BCUT2D eigenvalue weighted by Gasteiger charge is 2.12. The predicted octanol–water partition coefficient (Wildman–Crippen LogP) is 3.24. The third-order valence-electron chi connectivity index (χ3n) is 3.15. The van der Waals surface area contributed by atoms with Gasteiger partial charge in [-0.25, -0.2) is 5.43 Å².